The molecule has 2 amide bonds. The van der Waals surface area contributed by atoms with E-state index in [4.69, 9.17) is 9.15 Å². The molecule has 0 radical (unpaired) electrons. The van der Waals surface area contributed by atoms with Crippen LogP contribution in [-0.4, -0.2) is 34.5 Å². The molecule has 2 aromatic carbocycles. The van der Waals surface area contributed by atoms with Crippen molar-refractivity contribution in [3.63, 3.8) is 0 Å². The molecule has 0 spiro atoms. The highest BCUT2D eigenvalue weighted by molar-refractivity contribution is 6.04. The first kappa shape index (κ1) is 21.8. The number of carbonyl (C=O) groups is 3. The Kier molecular flexibility index (Phi) is 6.16. The zero-order chi connectivity index (χ0) is 23.4. The number of fused-ring (bicyclic) bond motifs is 2. The first-order chi connectivity index (χ1) is 15.9. The summed E-state index contributed by atoms with van der Waals surface area (Å²) in [5.74, 6) is -1.20. The Hall–Kier alpha value is -4.47. The van der Waals surface area contributed by atoms with E-state index in [2.05, 4.69) is 20.8 Å². The number of para-hydroxylation sites is 1. The number of esters is 1. The molecule has 0 aliphatic heterocycles. The fraction of sp³-hybridized carbons (Fsp3) is 0.174. The van der Waals surface area contributed by atoms with Crippen LogP contribution >= 0.6 is 0 Å². The lowest BCUT2D eigenvalue weighted by Crippen LogP contribution is -2.27. The average molecular weight is 448 g/mol. The van der Waals surface area contributed by atoms with Gasteiger partial charge in [0.1, 0.15) is 12.2 Å². The standard InChI is InChI=1S/C23H20N4O6/c1-13(28)25-15-6-7-16-14(10-21(30)33-19(16)11-15)12-32-20(29)8-9-24-23(31)22-17-4-2-3-5-18(17)26-27-22/h2-7,10-11H,8-9,12H2,1H3,(H,24,31)(H,25,28)(H,26,27). The predicted molar refractivity (Wildman–Crippen MR) is 120 cm³/mol. The van der Waals surface area contributed by atoms with Gasteiger partial charge in [-0.15, -0.1) is 0 Å². The van der Waals surface area contributed by atoms with Gasteiger partial charge in [-0.2, -0.15) is 5.10 Å². The van der Waals surface area contributed by atoms with Gasteiger partial charge in [0.25, 0.3) is 5.91 Å². The van der Waals surface area contributed by atoms with E-state index in [1.807, 2.05) is 12.1 Å². The lowest BCUT2D eigenvalue weighted by atomic mass is 10.1. The van der Waals surface area contributed by atoms with E-state index in [0.717, 1.165) is 5.52 Å². The molecule has 0 saturated heterocycles. The fourth-order valence-electron chi connectivity index (χ4n) is 3.36. The van der Waals surface area contributed by atoms with Crippen LogP contribution in [0.2, 0.25) is 0 Å². The van der Waals surface area contributed by atoms with E-state index in [-0.39, 0.29) is 36.8 Å². The van der Waals surface area contributed by atoms with E-state index in [1.54, 1.807) is 24.3 Å². The molecule has 0 unspecified atom stereocenters. The minimum atomic E-state index is -0.605. The van der Waals surface area contributed by atoms with Crippen molar-refractivity contribution in [2.45, 2.75) is 20.0 Å². The van der Waals surface area contributed by atoms with Gasteiger partial charge in [0.15, 0.2) is 5.69 Å². The zero-order valence-corrected chi connectivity index (χ0v) is 17.6. The molecule has 0 aliphatic rings. The number of hydrogen-bond donors (Lipinski definition) is 3. The van der Waals surface area contributed by atoms with Gasteiger partial charge in [-0.3, -0.25) is 19.5 Å². The molecule has 33 heavy (non-hydrogen) atoms. The molecule has 10 nitrogen and oxygen atoms in total. The van der Waals surface area contributed by atoms with Gasteiger partial charge in [0.05, 0.1) is 11.9 Å². The Bertz CT molecular complexity index is 1420. The zero-order valence-electron chi connectivity index (χ0n) is 17.6. The van der Waals surface area contributed by atoms with Crippen LogP contribution < -0.4 is 16.3 Å². The number of aromatic nitrogens is 2. The van der Waals surface area contributed by atoms with Crippen molar-refractivity contribution in [1.82, 2.24) is 15.5 Å². The number of H-pyrrole nitrogens is 1. The third kappa shape index (κ3) is 5.06. The minimum Gasteiger partial charge on any atom is -0.461 e. The fourth-order valence-corrected chi connectivity index (χ4v) is 3.36. The summed E-state index contributed by atoms with van der Waals surface area (Å²) < 4.78 is 10.5. The topological polar surface area (TPSA) is 143 Å². The van der Waals surface area contributed by atoms with Gasteiger partial charge in [-0.1, -0.05) is 18.2 Å². The van der Waals surface area contributed by atoms with Crippen LogP contribution in [0, 0.1) is 0 Å². The Labute approximate surface area is 186 Å². The highest BCUT2D eigenvalue weighted by atomic mass is 16.5. The van der Waals surface area contributed by atoms with Crippen molar-refractivity contribution in [1.29, 1.82) is 0 Å². The molecule has 4 aromatic rings. The smallest absolute Gasteiger partial charge is 0.336 e. The summed E-state index contributed by atoms with van der Waals surface area (Å²) in [4.78, 5) is 47.6. The first-order valence-corrected chi connectivity index (χ1v) is 10.1. The van der Waals surface area contributed by atoms with Crippen LogP contribution in [0.4, 0.5) is 5.69 Å². The van der Waals surface area contributed by atoms with Crippen LogP contribution in [0.5, 0.6) is 0 Å². The monoisotopic (exact) mass is 448 g/mol. The molecule has 0 fully saturated rings. The summed E-state index contributed by atoms with van der Waals surface area (Å²) in [6.45, 7) is 1.30. The molecule has 2 aromatic heterocycles. The molecule has 0 bridgehead atoms. The number of carbonyl (C=O) groups excluding carboxylic acids is 3. The second-order valence-electron chi connectivity index (χ2n) is 7.27. The van der Waals surface area contributed by atoms with Crippen molar-refractivity contribution < 1.29 is 23.5 Å². The highest BCUT2D eigenvalue weighted by Gasteiger charge is 2.14. The molecule has 0 saturated carbocycles. The van der Waals surface area contributed by atoms with Gasteiger partial charge in [-0.25, -0.2) is 4.79 Å². The normalized spacial score (nSPS) is 10.8. The number of aromatic amines is 1. The van der Waals surface area contributed by atoms with Gasteiger partial charge >= 0.3 is 11.6 Å². The predicted octanol–water partition coefficient (Wildman–Crippen LogP) is 2.49. The SMILES string of the molecule is CC(=O)Nc1ccc2c(COC(=O)CCNC(=O)c3n[nH]c4ccccc34)cc(=O)oc2c1. The summed E-state index contributed by atoms with van der Waals surface area (Å²) in [5, 5.41) is 13.3. The van der Waals surface area contributed by atoms with E-state index in [1.165, 1.54) is 19.1 Å². The van der Waals surface area contributed by atoms with Gasteiger partial charge in [0.2, 0.25) is 5.91 Å². The van der Waals surface area contributed by atoms with Crippen LogP contribution in [0.3, 0.4) is 0 Å². The Balaban J connectivity index is 1.34. The molecule has 168 valence electrons. The number of nitrogens with zero attached hydrogens (tertiary/aromatic N) is 1. The van der Waals surface area contributed by atoms with Crippen LogP contribution in [0.15, 0.2) is 57.7 Å². The number of ether oxygens (including phenoxy) is 1. The van der Waals surface area contributed by atoms with Crippen LogP contribution in [0.25, 0.3) is 21.9 Å². The van der Waals surface area contributed by atoms with Crippen molar-refractivity contribution >= 4 is 45.3 Å². The maximum atomic E-state index is 12.3. The number of rotatable bonds is 7. The first-order valence-electron chi connectivity index (χ1n) is 10.1. The highest BCUT2D eigenvalue weighted by Crippen LogP contribution is 2.22. The lowest BCUT2D eigenvalue weighted by Gasteiger charge is -2.09. The van der Waals surface area contributed by atoms with Gasteiger partial charge in [-0.05, 0) is 18.2 Å². The second kappa shape index (κ2) is 9.35. The Morgan fingerprint density at radius 2 is 1.91 bits per heavy atom. The number of anilines is 1. The van der Waals surface area contributed by atoms with Crippen molar-refractivity contribution in [3.05, 3.63) is 70.2 Å². The molecular weight excluding hydrogens is 428 g/mol. The Morgan fingerprint density at radius 3 is 2.73 bits per heavy atom. The minimum absolute atomic E-state index is 0.0554. The summed E-state index contributed by atoms with van der Waals surface area (Å²) in [7, 11) is 0. The average Bonchev–Trinajstić information content (AvgIpc) is 3.21. The van der Waals surface area contributed by atoms with E-state index in [0.29, 0.717) is 22.0 Å². The van der Waals surface area contributed by atoms with Gasteiger partial charge in [0, 0.05) is 47.6 Å². The van der Waals surface area contributed by atoms with Crippen molar-refractivity contribution in [2.75, 3.05) is 11.9 Å². The maximum Gasteiger partial charge on any atom is 0.336 e. The van der Waals surface area contributed by atoms with E-state index >= 15 is 0 Å². The number of amides is 2. The molecule has 2 heterocycles. The quantitative estimate of drug-likeness (QED) is 0.291. The number of hydrogen-bond acceptors (Lipinski definition) is 7. The molecule has 0 atom stereocenters. The van der Waals surface area contributed by atoms with Crippen molar-refractivity contribution in [3.8, 4) is 0 Å². The summed E-state index contributed by atoms with van der Waals surface area (Å²) >= 11 is 0. The molecular formula is C23H20N4O6. The van der Waals surface area contributed by atoms with E-state index in [9.17, 15) is 19.2 Å². The molecule has 3 N–H and O–H groups in total. The number of benzene rings is 2. The molecule has 0 aliphatic carbocycles. The Morgan fingerprint density at radius 1 is 1.09 bits per heavy atom. The van der Waals surface area contributed by atoms with Crippen LogP contribution in [-0.2, 0) is 20.9 Å². The third-order valence-corrected chi connectivity index (χ3v) is 4.84. The largest absolute Gasteiger partial charge is 0.461 e. The maximum absolute atomic E-state index is 12.3. The summed E-state index contributed by atoms with van der Waals surface area (Å²) in [6, 6.07) is 13.3. The van der Waals surface area contributed by atoms with Gasteiger partial charge < -0.3 is 19.8 Å². The summed E-state index contributed by atoms with van der Waals surface area (Å²) in [6.07, 6.45) is -0.0554. The van der Waals surface area contributed by atoms with Crippen LogP contribution in [0.1, 0.15) is 29.4 Å². The van der Waals surface area contributed by atoms with Crippen molar-refractivity contribution in [2.24, 2.45) is 0 Å². The lowest BCUT2D eigenvalue weighted by molar-refractivity contribution is -0.144. The molecule has 10 heteroatoms. The second-order valence-corrected chi connectivity index (χ2v) is 7.27. The van der Waals surface area contributed by atoms with E-state index < -0.39 is 17.5 Å². The third-order valence-electron chi connectivity index (χ3n) is 4.84. The number of nitrogens with one attached hydrogen (secondary N) is 3. The molecule has 4 rings (SSSR count). The summed E-state index contributed by atoms with van der Waals surface area (Å²) in [5.41, 5.74) is 1.60.